The molecule has 0 unspecified atom stereocenters. The number of carbonyl (C=O) groups excluding carboxylic acids is 1. The lowest BCUT2D eigenvalue weighted by molar-refractivity contribution is 0.0496. The van der Waals surface area contributed by atoms with Gasteiger partial charge in [0.15, 0.2) is 11.6 Å². The topological polar surface area (TPSA) is 105 Å². The van der Waals surface area contributed by atoms with E-state index in [4.69, 9.17) is 19.9 Å². The van der Waals surface area contributed by atoms with Gasteiger partial charge in [0.05, 0.1) is 29.6 Å². The number of nitrogen functional groups attached to an aromatic ring is 1. The van der Waals surface area contributed by atoms with Crippen molar-refractivity contribution in [2.24, 2.45) is 0 Å². The number of hydrogen-bond donors (Lipinski definition) is 1. The fourth-order valence-electron chi connectivity index (χ4n) is 3.66. The molecule has 1 amide bonds. The second kappa shape index (κ2) is 11.1. The minimum Gasteiger partial charge on any atom is -0.453 e. The average Bonchev–Trinajstić information content (AvgIpc) is 3.48. The van der Waals surface area contributed by atoms with Gasteiger partial charge in [-0.3, -0.25) is 9.67 Å². The van der Waals surface area contributed by atoms with E-state index in [-0.39, 0.29) is 17.9 Å². The van der Waals surface area contributed by atoms with Gasteiger partial charge in [-0.15, -0.1) is 11.3 Å². The number of aromatic nitrogens is 3. The number of nitrogens with two attached hydrogens (primary N) is 1. The molecule has 0 saturated heterocycles. The van der Waals surface area contributed by atoms with Crippen molar-refractivity contribution < 1.29 is 23.4 Å². The summed E-state index contributed by atoms with van der Waals surface area (Å²) < 4.78 is 33.2. The van der Waals surface area contributed by atoms with E-state index >= 15 is 0 Å². The Morgan fingerprint density at radius 1 is 1.19 bits per heavy atom. The Kier molecular flexibility index (Phi) is 7.94. The van der Waals surface area contributed by atoms with Crippen LogP contribution < -0.4 is 10.5 Å². The number of benzene rings is 1. The maximum atomic E-state index is 14.3. The van der Waals surface area contributed by atoms with Crippen molar-refractivity contribution in [2.75, 3.05) is 32.6 Å². The Balaban J connectivity index is 1.43. The molecule has 0 radical (unpaired) electrons. The predicted molar refractivity (Wildman–Crippen MR) is 141 cm³/mol. The van der Waals surface area contributed by atoms with Gasteiger partial charge in [-0.25, -0.2) is 9.18 Å². The molecule has 0 bridgehead atoms. The Morgan fingerprint density at radius 2 is 2.00 bits per heavy atom. The highest BCUT2D eigenvalue weighted by atomic mass is 32.1. The highest BCUT2D eigenvalue weighted by Gasteiger charge is 2.27. The van der Waals surface area contributed by atoms with Crippen molar-refractivity contribution in [3.05, 3.63) is 54.7 Å². The zero-order valence-electron chi connectivity index (χ0n) is 21.2. The van der Waals surface area contributed by atoms with Crippen LogP contribution in [0.15, 0.2) is 48.9 Å². The number of hydrogen-bond acceptors (Lipinski definition) is 8. The third-order valence-corrected chi connectivity index (χ3v) is 6.75. The molecule has 0 fully saturated rings. The monoisotopic (exact) mass is 527 g/mol. The number of carbonyl (C=O) groups is 1. The smallest absolute Gasteiger partial charge is 0.410 e. The third-order valence-electron chi connectivity index (χ3n) is 5.56. The SMILES string of the molecule is COCCN(C(=O)OCCn1cc(-c2cc3nccc(Oc4ccc(N)cc4F)c3s2)cn1)C(C)(C)C. The lowest BCUT2D eigenvalue weighted by Crippen LogP contribution is -2.47. The van der Waals surface area contributed by atoms with Crippen LogP contribution in [0.3, 0.4) is 0 Å². The van der Waals surface area contributed by atoms with Crippen LogP contribution in [0.5, 0.6) is 11.5 Å². The molecule has 0 atom stereocenters. The Bertz CT molecular complexity index is 1380. The summed E-state index contributed by atoms with van der Waals surface area (Å²) in [6, 6.07) is 7.94. The van der Waals surface area contributed by atoms with E-state index in [1.807, 2.05) is 33.0 Å². The van der Waals surface area contributed by atoms with Crippen molar-refractivity contribution in [3.8, 4) is 21.9 Å². The summed E-state index contributed by atoms with van der Waals surface area (Å²) in [6.07, 6.45) is 4.85. The molecule has 0 saturated carbocycles. The van der Waals surface area contributed by atoms with Crippen molar-refractivity contribution in [1.82, 2.24) is 19.7 Å². The molecule has 0 aliphatic carbocycles. The summed E-state index contributed by atoms with van der Waals surface area (Å²) in [6.45, 7) is 7.31. The maximum absolute atomic E-state index is 14.3. The standard InChI is InChI=1S/C26H30FN5O4S/c1-26(2,3)32(10-11-34-4)25(33)35-12-9-31-16-17(15-30-31)23-14-20-24(37-23)22(7-8-29-20)36-21-6-5-18(28)13-19(21)27/h5-8,13-16H,9-12,28H2,1-4H3. The van der Waals surface area contributed by atoms with Crippen molar-refractivity contribution in [1.29, 1.82) is 0 Å². The number of halogens is 1. The fraction of sp³-hybridized carbons (Fsp3) is 0.346. The van der Waals surface area contributed by atoms with Crippen LogP contribution in [-0.2, 0) is 16.0 Å². The number of pyridine rings is 1. The fourth-order valence-corrected chi connectivity index (χ4v) is 4.70. The number of methoxy groups -OCH3 is 1. The summed E-state index contributed by atoms with van der Waals surface area (Å²) in [7, 11) is 1.60. The molecule has 37 heavy (non-hydrogen) atoms. The summed E-state index contributed by atoms with van der Waals surface area (Å²) in [5.74, 6) is 0.0559. The van der Waals surface area contributed by atoms with E-state index in [1.54, 1.807) is 41.2 Å². The van der Waals surface area contributed by atoms with Gasteiger partial charge in [-0.2, -0.15) is 5.10 Å². The molecule has 9 nitrogen and oxygen atoms in total. The summed E-state index contributed by atoms with van der Waals surface area (Å²) in [4.78, 5) is 19.6. The molecule has 2 N–H and O–H groups in total. The predicted octanol–water partition coefficient (Wildman–Crippen LogP) is 5.56. The maximum Gasteiger partial charge on any atom is 0.410 e. The molecular formula is C26H30FN5O4S. The van der Waals surface area contributed by atoms with E-state index in [1.165, 1.54) is 23.5 Å². The first-order valence-electron chi connectivity index (χ1n) is 11.7. The number of rotatable bonds is 9. The molecule has 1 aromatic carbocycles. The van der Waals surface area contributed by atoms with Gasteiger partial charge in [0.2, 0.25) is 0 Å². The van der Waals surface area contributed by atoms with Gasteiger partial charge in [-0.1, -0.05) is 0 Å². The van der Waals surface area contributed by atoms with Gasteiger partial charge < -0.3 is 24.8 Å². The van der Waals surface area contributed by atoms with Gasteiger partial charge >= 0.3 is 6.09 Å². The molecular weight excluding hydrogens is 497 g/mol. The van der Waals surface area contributed by atoms with E-state index in [0.717, 1.165) is 20.7 Å². The first-order valence-corrected chi connectivity index (χ1v) is 12.5. The van der Waals surface area contributed by atoms with Crippen LogP contribution in [0, 0.1) is 5.82 Å². The molecule has 0 aliphatic heterocycles. The average molecular weight is 528 g/mol. The van der Waals surface area contributed by atoms with E-state index in [0.29, 0.717) is 31.1 Å². The van der Waals surface area contributed by atoms with Crippen LogP contribution in [0.4, 0.5) is 14.9 Å². The zero-order chi connectivity index (χ0) is 26.6. The Morgan fingerprint density at radius 3 is 2.73 bits per heavy atom. The van der Waals surface area contributed by atoms with Crippen molar-refractivity contribution >= 4 is 33.3 Å². The summed E-state index contributed by atoms with van der Waals surface area (Å²) >= 11 is 1.47. The van der Waals surface area contributed by atoms with Crippen LogP contribution in [0.25, 0.3) is 20.7 Å². The van der Waals surface area contributed by atoms with Crippen molar-refractivity contribution in [2.45, 2.75) is 32.9 Å². The Hall–Kier alpha value is -3.70. The summed E-state index contributed by atoms with van der Waals surface area (Å²) in [5.41, 5.74) is 7.19. The molecule has 3 aromatic heterocycles. The minimum absolute atomic E-state index is 0.0891. The Labute approximate surface area is 218 Å². The molecule has 4 rings (SSSR count). The quantitative estimate of drug-likeness (QED) is 0.284. The van der Waals surface area contributed by atoms with Gasteiger partial charge in [0.1, 0.15) is 12.4 Å². The minimum atomic E-state index is -0.534. The number of anilines is 1. The number of amides is 1. The molecule has 0 spiro atoms. The second-order valence-electron chi connectivity index (χ2n) is 9.35. The molecule has 4 aromatic rings. The first kappa shape index (κ1) is 26.4. The second-order valence-corrected chi connectivity index (χ2v) is 10.4. The number of nitrogens with zero attached hydrogens (tertiary/aromatic N) is 4. The molecule has 196 valence electrons. The molecule has 0 aliphatic rings. The van der Waals surface area contributed by atoms with E-state index in [2.05, 4.69) is 10.1 Å². The lowest BCUT2D eigenvalue weighted by atomic mass is 10.1. The summed E-state index contributed by atoms with van der Waals surface area (Å²) in [5, 5.41) is 4.40. The van der Waals surface area contributed by atoms with Crippen LogP contribution in [0.1, 0.15) is 20.8 Å². The van der Waals surface area contributed by atoms with Crippen LogP contribution in [0.2, 0.25) is 0 Å². The van der Waals surface area contributed by atoms with Gasteiger partial charge in [0.25, 0.3) is 0 Å². The van der Waals surface area contributed by atoms with Gasteiger partial charge in [0, 0.05) is 59.8 Å². The van der Waals surface area contributed by atoms with E-state index < -0.39 is 11.9 Å². The number of fused-ring (bicyclic) bond motifs is 1. The van der Waals surface area contributed by atoms with Crippen LogP contribution in [-0.4, -0.2) is 58.2 Å². The number of thiophene rings is 1. The largest absolute Gasteiger partial charge is 0.453 e. The molecule has 3 heterocycles. The normalized spacial score (nSPS) is 11.6. The highest BCUT2D eigenvalue weighted by Crippen LogP contribution is 2.39. The number of ether oxygens (including phenoxy) is 3. The van der Waals surface area contributed by atoms with E-state index in [9.17, 15) is 9.18 Å². The third kappa shape index (κ3) is 6.36. The highest BCUT2D eigenvalue weighted by molar-refractivity contribution is 7.22. The zero-order valence-corrected chi connectivity index (χ0v) is 22.0. The van der Waals surface area contributed by atoms with Crippen LogP contribution >= 0.6 is 11.3 Å². The lowest BCUT2D eigenvalue weighted by Gasteiger charge is -2.34. The van der Waals surface area contributed by atoms with Crippen molar-refractivity contribution in [3.63, 3.8) is 0 Å². The molecule has 11 heteroatoms. The van der Waals surface area contributed by atoms with Gasteiger partial charge in [-0.05, 0) is 39.0 Å². The first-order chi connectivity index (χ1) is 17.7.